The third kappa shape index (κ3) is 4.61. The molecule has 14 heavy (non-hydrogen) atoms. The van der Waals surface area contributed by atoms with Crippen molar-refractivity contribution in [3.05, 3.63) is 0 Å². The monoisotopic (exact) mass is 201 g/mol. The smallest absolute Gasteiger partial charge is 0.311 e. The highest BCUT2D eigenvalue weighted by atomic mass is 16.6. The minimum Gasteiger partial charge on any atom is -0.460 e. The van der Waals surface area contributed by atoms with Crippen LogP contribution in [0.15, 0.2) is 0 Å². The molecule has 0 fully saturated rings. The summed E-state index contributed by atoms with van der Waals surface area (Å²) < 4.78 is 5.30. The van der Waals surface area contributed by atoms with Gasteiger partial charge in [-0.3, -0.25) is 4.79 Å². The van der Waals surface area contributed by atoms with E-state index in [0.717, 1.165) is 0 Å². The second-order valence-corrected chi connectivity index (χ2v) is 5.16. The molecule has 0 saturated heterocycles. The van der Waals surface area contributed by atoms with Crippen molar-refractivity contribution in [2.45, 2.75) is 53.2 Å². The summed E-state index contributed by atoms with van der Waals surface area (Å²) in [6.45, 7) is 11.4. The molecule has 0 spiro atoms. The Labute approximate surface area is 87.0 Å². The number of hydrogen-bond acceptors (Lipinski definition) is 3. The van der Waals surface area contributed by atoms with Gasteiger partial charge in [0.05, 0.1) is 5.92 Å². The molecule has 2 unspecified atom stereocenters. The SMILES string of the molecule is CC(C)C(C(=O)OC(C)(C)C)C(C)N. The van der Waals surface area contributed by atoms with Gasteiger partial charge in [0, 0.05) is 6.04 Å². The van der Waals surface area contributed by atoms with Crippen molar-refractivity contribution in [1.29, 1.82) is 0 Å². The molecule has 3 heteroatoms. The van der Waals surface area contributed by atoms with E-state index in [0.29, 0.717) is 0 Å². The Morgan fingerprint density at radius 3 is 1.86 bits per heavy atom. The number of nitrogens with two attached hydrogens (primary N) is 1. The van der Waals surface area contributed by atoms with Crippen molar-refractivity contribution < 1.29 is 9.53 Å². The van der Waals surface area contributed by atoms with E-state index in [2.05, 4.69) is 0 Å². The fourth-order valence-corrected chi connectivity index (χ4v) is 1.46. The molecule has 0 aliphatic heterocycles. The van der Waals surface area contributed by atoms with Crippen LogP contribution in [0.1, 0.15) is 41.5 Å². The molecular formula is C11H23NO2. The average molecular weight is 201 g/mol. The van der Waals surface area contributed by atoms with E-state index in [1.165, 1.54) is 0 Å². The Hall–Kier alpha value is -0.570. The van der Waals surface area contributed by atoms with E-state index in [-0.39, 0.29) is 23.8 Å². The molecule has 84 valence electrons. The van der Waals surface area contributed by atoms with Crippen LogP contribution in [-0.2, 0) is 9.53 Å². The molecule has 0 heterocycles. The maximum atomic E-state index is 11.7. The van der Waals surface area contributed by atoms with Gasteiger partial charge in [0.2, 0.25) is 0 Å². The third-order valence-corrected chi connectivity index (χ3v) is 1.96. The van der Waals surface area contributed by atoms with Crippen LogP contribution in [0.25, 0.3) is 0 Å². The predicted octanol–water partition coefficient (Wildman–Crippen LogP) is 1.95. The molecule has 0 aliphatic rings. The van der Waals surface area contributed by atoms with Gasteiger partial charge in [0.25, 0.3) is 0 Å². The lowest BCUT2D eigenvalue weighted by molar-refractivity contribution is -0.162. The van der Waals surface area contributed by atoms with E-state index in [4.69, 9.17) is 10.5 Å². The van der Waals surface area contributed by atoms with E-state index < -0.39 is 5.60 Å². The highest BCUT2D eigenvalue weighted by Gasteiger charge is 2.30. The van der Waals surface area contributed by atoms with Gasteiger partial charge < -0.3 is 10.5 Å². The molecule has 0 radical (unpaired) electrons. The van der Waals surface area contributed by atoms with Crippen LogP contribution in [0, 0.1) is 11.8 Å². The summed E-state index contributed by atoms with van der Waals surface area (Å²) in [6, 6.07) is -0.162. The Morgan fingerprint density at radius 2 is 1.64 bits per heavy atom. The second kappa shape index (κ2) is 4.78. The average Bonchev–Trinajstić information content (AvgIpc) is 1.78. The van der Waals surface area contributed by atoms with Crippen LogP contribution in [0.2, 0.25) is 0 Å². The van der Waals surface area contributed by atoms with Gasteiger partial charge in [-0.05, 0) is 33.6 Å². The van der Waals surface area contributed by atoms with Crippen LogP contribution in [-0.4, -0.2) is 17.6 Å². The molecular weight excluding hydrogens is 178 g/mol. The van der Waals surface area contributed by atoms with Gasteiger partial charge in [-0.25, -0.2) is 0 Å². The first-order valence-corrected chi connectivity index (χ1v) is 5.13. The normalized spacial score (nSPS) is 16.6. The van der Waals surface area contributed by atoms with Crippen LogP contribution in [0.5, 0.6) is 0 Å². The topological polar surface area (TPSA) is 52.3 Å². The van der Waals surface area contributed by atoms with Gasteiger partial charge in [0.15, 0.2) is 0 Å². The van der Waals surface area contributed by atoms with Gasteiger partial charge >= 0.3 is 5.97 Å². The summed E-state index contributed by atoms with van der Waals surface area (Å²) in [7, 11) is 0. The molecule has 2 atom stereocenters. The van der Waals surface area contributed by atoms with Crippen molar-refractivity contribution in [3.63, 3.8) is 0 Å². The van der Waals surface area contributed by atoms with Crippen molar-refractivity contribution in [2.24, 2.45) is 17.6 Å². The predicted molar refractivity (Wildman–Crippen MR) is 57.8 cm³/mol. The lowest BCUT2D eigenvalue weighted by Crippen LogP contribution is -2.40. The highest BCUT2D eigenvalue weighted by molar-refractivity contribution is 5.73. The zero-order chi connectivity index (χ0) is 11.5. The standard InChI is InChI=1S/C11H23NO2/c1-7(2)9(8(3)12)10(13)14-11(4,5)6/h7-9H,12H2,1-6H3. The fourth-order valence-electron chi connectivity index (χ4n) is 1.46. The van der Waals surface area contributed by atoms with Gasteiger partial charge in [0.1, 0.15) is 5.60 Å². The van der Waals surface area contributed by atoms with E-state index >= 15 is 0 Å². The number of carbonyl (C=O) groups is 1. The zero-order valence-corrected chi connectivity index (χ0v) is 10.1. The number of carbonyl (C=O) groups excluding carboxylic acids is 1. The molecule has 0 saturated carbocycles. The zero-order valence-electron chi connectivity index (χ0n) is 10.1. The molecule has 0 aliphatic carbocycles. The Balaban J connectivity index is 4.47. The lowest BCUT2D eigenvalue weighted by Gasteiger charge is -2.27. The summed E-state index contributed by atoms with van der Waals surface area (Å²) in [5.74, 6) is -0.193. The summed E-state index contributed by atoms with van der Waals surface area (Å²) >= 11 is 0. The Morgan fingerprint density at radius 1 is 1.21 bits per heavy atom. The minimum atomic E-state index is -0.431. The van der Waals surface area contributed by atoms with Crippen LogP contribution < -0.4 is 5.73 Å². The summed E-state index contributed by atoms with van der Waals surface area (Å²) in [6.07, 6.45) is 0. The second-order valence-electron chi connectivity index (χ2n) is 5.16. The van der Waals surface area contributed by atoms with Crippen LogP contribution in [0.3, 0.4) is 0 Å². The Bertz CT molecular complexity index is 184. The number of hydrogen-bond donors (Lipinski definition) is 1. The largest absolute Gasteiger partial charge is 0.460 e. The number of rotatable bonds is 3. The molecule has 0 rings (SSSR count). The lowest BCUT2D eigenvalue weighted by atomic mass is 9.90. The first-order chi connectivity index (χ1) is 6.15. The molecule has 2 N–H and O–H groups in total. The quantitative estimate of drug-likeness (QED) is 0.710. The van der Waals surface area contributed by atoms with E-state index in [1.54, 1.807) is 0 Å². The summed E-state index contributed by atoms with van der Waals surface area (Å²) in [5, 5.41) is 0. The first kappa shape index (κ1) is 13.4. The van der Waals surface area contributed by atoms with Crippen molar-refractivity contribution in [3.8, 4) is 0 Å². The van der Waals surface area contributed by atoms with E-state index in [1.807, 2.05) is 41.5 Å². The molecule has 3 nitrogen and oxygen atoms in total. The van der Waals surface area contributed by atoms with Crippen LogP contribution >= 0.6 is 0 Å². The Kier molecular flexibility index (Phi) is 4.59. The molecule has 0 amide bonds. The fraction of sp³-hybridized carbons (Fsp3) is 0.909. The molecule has 0 aromatic rings. The first-order valence-electron chi connectivity index (χ1n) is 5.13. The summed E-state index contributed by atoms with van der Waals surface area (Å²) in [5.41, 5.74) is 5.33. The van der Waals surface area contributed by atoms with Gasteiger partial charge in [-0.15, -0.1) is 0 Å². The van der Waals surface area contributed by atoms with E-state index in [9.17, 15) is 4.79 Å². The van der Waals surface area contributed by atoms with Crippen molar-refractivity contribution >= 4 is 5.97 Å². The number of esters is 1. The maximum absolute atomic E-state index is 11.7. The summed E-state index contributed by atoms with van der Waals surface area (Å²) in [4.78, 5) is 11.7. The van der Waals surface area contributed by atoms with Crippen molar-refractivity contribution in [2.75, 3.05) is 0 Å². The third-order valence-electron chi connectivity index (χ3n) is 1.96. The number of ether oxygens (including phenoxy) is 1. The van der Waals surface area contributed by atoms with Crippen LogP contribution in [0.4, 0.5) is 0 Å². The molecule has 0 aromatic carbocycles. The minimum absolute atomic E-state index is 0.162. The van der Waals surface area contributed by atoms with Crippen molar-refractivity contribution in [1.82, 2.24) is 0 Å². The molecule has 0 bridgehead atoms. The molecule has 0 aromatic heterocycles. The highest BCUT2D eigenvalue weighted by Crippen LogP contribution is 2.19. The maximum Gasteiger partial charge on any atom is 0.311 e. The van der Waals surface area contributed by atoms with Gasteiger partial charge in [-0.2, -0.15) is 0 Å². The van der Waals surface area contributed by atoms with Gasteiger partial charge in [-0.1, -0.05) is 13.8 Å².